The number of carbonyl (C=O) groups is 1. The van der Waals surface area contributed by atoms with Gasteiger partial charge < -0.3 is 20.3 Å². The van der Waals surface area contributed by atoms with E-state index in [1.54, 1.807) is 26.1 Å². The molecule has 6 nitrogen and oxygen atoms in total. The van der Waals surface area contributed by atoms with Crippen LogP contribution in [0.1, 0.15) is 43.2 Å². The van der Waals surface area contributed by atoms with Gasteiger partial charge in [0.05, 0.1) is 20.2 Å². The number of hydrogen-bond acceptors (Lipinski definition) is 3. The number of halogens is 1. The molecule has 0 aromatic heterocycles. The van der Waals surface area contributed by atoms with E-state index in [1.807, 2.05) is 19.1 Å². The van der Waals surface area contributed by atoms with E-state index < -0.39 is 0 Å². The molecule has 1 fully saturated rings. The number of carbonyl (C=O) groups excluding carboxylic acids is 1. The van der Waals surface area contributed by atoms with Gasteiger partial charge in [0.1, 0.15) is 5.75 Å². The average Bonchev–Trinajstić information content (AvgIpc) is 2.63. The van der Waals surface area contributed by atoms with Crippen molar-refractivity contribution in [3.63, 3.8) is 0 Å². The van der Waals surface area contributed by atoms with Gasteiger partial charge >= 0.3 is 0 Å². The molecular formula is C20H33IN4O2. The number of methoxy groups -OCH3 is 1. The van der Waals surface area contributed by atoms with Crippen molar-refractivity contribution < 1.29 is 9.53 Å². The monoisotopic (exact) mass is 488 g/mol. The number of rotatable bonds is 6. The lowest BCUT2D eigenvalue weighted by molar-refractivity contribution is -0.127. The Morgan fingerprint density at radius 1 is 1.22 bits per heavy atom. The van der Waals surface area contributed by atoms with Crippen molar-refractivity contribution in [3.8, 4) is 5.75 Å². The van der Waals surface area contributed by atoms with Gasteiger partial charge in [-0.05, 0) is 43.0 Å². The first-order valence-corrected chi connectivity index (χ1v) is 9.37. The lowest BCUT2D eigenvalue weighted by Gasteiger charge is -2.25. The summed E-state index contributed by atoms with van der Waals surface area (Å²) < 4.78 is 5.34. The molecule has 1 aliphatic rings. The lowest BCUT2D eigenvalue weighted by atomic mass is 9.96. The van der Waals surface area contributed by atoms with E-state index in [9.17, 15) is 4.79 Å². The van der Waals surface area contributed by atoms with E-state index in [0.29, 0.717) is 18.5 Å². The summed E-state index contributed by atoms with van der Waals surface area (Å²) in [5.74, 6) is 1.57. The van der Waals surface area contributed by atoms with Crippen molar-refractivity contribution in [2.45, 2.75) is 51.6 Å². The molecule has 1 amide bonds. The van der Waals surface area contributed by atoms with Crippen molar-refractivity contribution in [2.75, 3.05) is 27.7 Å². The zero-order valence-electron chi connectivity index (χ0n) is 16.9. The number of ether oxygens (including phenoxy) is 1. The van der Waals surface area contributed by atoms with Crippen molar-refractivity contribution in [3.05, 3.63) is 29.3 Å². The molecule has 2 N–H and O–H groups in total. The topological polar surface area (TPSA) is 66.0 Å². The molecule has 0 atom stereocenters. The van der Waals surface area contributed by atoms with Gasteiger partial charge in [0, 0.05) is 20.1 Å². The van der Waals surface area contributed by atoms with Crippen molar-refractivity contribution in [2.24, 2.45) is 4.99 Å². The number of guanidine groups is 1. The summed E-state index contributed by atoms with van der Waals surface area (Å²) in [6.07, 6.45) is 6.11. The van der Waals surface area contributed by atoms with Crippen molar-refractivity contribution in [1.82, 2.24) is 15.5 Å². The van der Waals surface area contributed by atoms with Crippen LogP contribution in [0.2, 0.25) is 0 Å². The summed E-state index contributed by atoms with van der Waals surface area (Å²) in [7, 11) is 5.19. The third-order valence-corrected chi connectivity index (χ3v) is 4.62. The summed E-state index contributed by atoms with van der Waals surface area (Å²) in [5, 5.41) is 6.68. The molecule has 7 heteroatoms. The fourth-order valence-electron chi connectivity index (χ4n) is 3.11. The number of aliphatic imine (C=N–C) groups is 1. The van der Waals surface area contributed by atoms with Crippen molar-refractivity contribution in [1.29, 1.82) is 0 Å². The van der Waals surface area contributed by atoms with Crippen LogP contribution in [0.15, 0.2) is 23.2 Å². The summed E-state index contributed by atoms with van der Waals surface area (Å²) in [5.41, 5.74) is 2.23. The van der Waals surface area contributed by atoms with Crippen LogP contribution >= 0.6 is 24.0 Å². The number of nitrogens with one attached hydrogen (secondary N) is 2. The van der Waals surface area contributed by atoms with E-state index in [4.69, 9.17) is 9.73 Å². The third-order valence-electron chi connectivity index (χ3n) is 4.62. The zero-order chi connectivity index (χ0) is 18.9. The maximum absolute atomic E-state index is 11.9. The summed E-state index contributed by atoms with van der Waals surface area (Å²) in [4.78, 5) is 18.2. The predicted octanol–water partition coefficient (Wildman–Crippen LogP) is 3.08. The predicted molar refractivity (Wildman–Crippen MR) is 121 cm³/mol. The maximum Gasteiger partial charge on any atom is 0.241 e. The van der Waals surface area contributed by atoms with Crippen LogP contribution in [0.3, 0.4) is 0 Å². The molecule has 0 radical (unpaired) electrons. The van der Waals surface area contributed by atoms with Gasteiger partial charge in [0.15, 0.2) is 5.96 Å². The normalized spacial score (nSPS) is 14.9. The molecule has 1 saturated carbocycles. The van der Waals surface area contributed by atoms with Crippen LogP contribution in [0.5, 0.6) is 5.75 Å². The lowest BCUT2D eigenvalue weighted by Crippen LogP contribution is -2.47. The maximum atomic E-state index is 11.9. The first-order chi connectivity index (χ1) is 12.5. The molecule has 0 saturated heterocycles. The van der Waals surface area contributed by atoms with E-state index in [0.717, 1.165) is 29.7 Å². The number of hydrogen-bond donors (Lipinski definition) is 2. The summed E-state index contributed by atoms with van der Waals surface area (Å²) in [6, 6.07) is 6.54. The number of likely N-dealkylation sites (N-methyl/N-ethyl adjacent to an activating group) is 1. The fourth-order valence-corrected chi connectivity index (χ4v) is 3.11. The smallest absolute Gasteiger partial charge is 0.241 e. The second kappa shape index (κ2) is 12.0. The average molecular weight is 488 g/mol. The van der Waals surface area contributed by atoms with Gasteiger partial charge in [-0.2, -0.15) is 0 Å². The molecule has 152 valence electrons. The Kier molecular flexibility index (Phi) is 10.5. The van der Waals surface area contributed by atoms with Crippen LogP contribution in [0.4, 0.5) is 0 Å². The highest BCUT2D eigenvalue weighted by molar-refractivity contribution is 14.0. The Hall–Kier alpha value is -1.51. The van der Waals surface area contributed by atoms with E-state index in [1.165, 1.54) is 19.3 Å². The molecule has 1 aromatic rings. The van der Waals surface area contributed by atoms with Gasteiger partial charge in [0.2, 0.25) is 5.91 Å². The molecule has 0 bridgehead atoms. The standard InChI is InChI=1S/C20H32N4O2.HI/c1-15-10-16(12-18(11-15)26-4)13-21-20(22-14-19(25)24(2)3)23-17-8-6-5-7-9-17;/h10-12,17H,5-9,13-14H2,1-4H3,(H2,21,22,23);1H. The molecule has 2 rings (SSSR count). The molecule has 1 aromatic carbocycles. The minimum atomic E-state index is 0. The van der Waals surface area contributed by atoms with Gasteiger partial charge in [-0.1, -0.05) is 25.3 Å². The highest BCUT2D eigenvalue weighted by atomic mass is 127. The van der Waals surface area contributed by atoms with Crippen LogP contribution in [0, 0.1) is 6.92 Å². The van der Waals surface area contributed by atoms with Crippen LogP contribution in [-0.4, -0.2) is 50.6 Å². The largest absolute Gasteiger partial charge is 0.497 e. The SMILES string of the molecule is COc1cc(C)cc(CN=C(NCC(=O)N(C)C)NC2CCCCC2)c1.I. The minimum absolute atomic E-state index is 0. The third kappa shape index (κ3) is 8.36. The molecule has 27 heavy (non-hydrogen) atoms. The van der Waals surface area contributed by atoms with Crippen molar-refractivity contribution >= 4 is 35.8 Å². The van der Waals surface area contributed by atoms with Gasteiger partial charge in [-0.3, -0.25) is 4.79 Å². The Balaban J connectivity index is 0.00000364. The molecule has 0 spiro atoms. The summed E-state index contributed by atoms with van der Waals surface area (Å²) in [6.45, 7) is 2.82. The first kappa shape index (κ1) is 23.5. The van der Waals surface area contributed by atoms with Gasteiger partial charge in [-0.15, -0.1) is 24.0 Å². The van der Waals surface area contributed by atoms with Crippen LogP contribution in [-0.2, 0) is 11.3 Å². The second-order valence-electron chi connectivity index (χ2n) is 7.14. The number of amides is 1. The molecular weight excluding hydrogens is 455 g/mol. The quantitative estimate of drug-likeness (QED) is 0.367. The Labute approximate surface area is 180 Å². The second-order valence-corrected chi connectivity index (χ2v) is 7.14. The molecule has 0 unspecified atom stereocenters. The van der Waals surface area contributed by atoms with E-state index in [-0.39, 0.29) is 36.4 Å². The highest BCUT2D eigenvalue weighted by Gasteiger charge is 2.15. The molecule has 0 aliphatic heterocycles. The molecule has 1 aliphatic carbocycles. The van der Waals surface area contributed by atoms with Gasteiger partial charge in [-0.25, -0.2) is 4.99 Å². The molecule has 0 heterocycles. The first-order valence-electron chi connectivity index (χ1n) is 9.37. The van der Waals surface area contributed by atoms with E-state index >= 15 is 0 Å². The minimum Gasteiger partial charge on any atom is -0.497 e. The summed E-state index contributed by atoms with van der Waals surface area (Å²) >= 11 is 0. The Morgan fingerprint density at radius 2 is 1.93 bits per heavy atom. The Morgan fingerprint density at radius 3 is 2.56 bits per heavy atom. The number of aryl methyl sites for hydroxylation is 1. The number of benzene rings is 1. The van der Waals surface area contributed by atoms with Crippen LogP contribution < -0.4 is 15.4 Å². The fraction of sp³-hybridized carbons (Fsp3) is 0.600. The van der Waals surface area contributed by atoms with Gasteiger partial charge in [0.25, 0.3) is 0 Å². The van der Waals surface area contributed by atoms with Crippen LogP contribution in [0.25, 0.3) is 0 Å². The number of nitrogens with zero attached hydrogens (tertiary/aromatic N) is 2. The van der Waals surface area contributed by atoms with E-state index in [2.05, 4.69) is 16.7 Å². The highest BCUT2D eigenvalue weighted by Crippen LogP contribution is 2.18. The Bertz CT molecular complexity index is 628. The zero-order valence-corrected chi connectivity index (χ0v) is 19.2.